The number of nitrogens with two attached hydrogens (primary N) is 1. The normalized spacial score (nSPS) is 12.8. The van der Waals surface area contributed by atoms with E-state index in [1.54, 1.807) is 18.2 Å². The molecule has 0 radical (unpaired) electrons. The third-order valence-electron chi connectivity index (χ3n) is 3.45. The highest BCUT2D eigenvalue weighted by atomic mass is 35.5. The number of halogens is 2. The SMILES string of the molecule is CC(CN)CNC(=O)C(Sc1ccccc1F)c1ccccc1.Cl. The first-order valence-electron chi connectivity index (χ1n) is 7.55. The Morgan fingerprint density at radius 3 is 2.42 bits per heavy atom. The van der Waals surface area contributed by atoms with Gasteiger partial charge in [-0.3, -0.25) is 4.79 Å². The lowest BCUT2D eigenvalue weighted by Gasteiger charge is -2.18. The lowest BCUT2D eigenvalue weighted by molar-refractivity contribution is -0.120. The van der Waals surface area contributed by atoms with Crippen molar-refractivity contribution in [3.63, 3.8) is 0 Å². The van der Waals surface area contributed by atoms with Gasteiger partial charge in [0.25, 0.3) is 0 Å². The Bertz CT molecular complexity index is 642. The van der Waals surface area contributed by atoms with E-state index in [0.717, 1.165) is 5.56 Å². The van der Waals surface area contributed by atoms with Gasteiger partial charge in [-0.15, -0.1) is 24.2 Å². The van der Waals surface area contributed by atoms with Crippen molar-refractivity contribution in [2.45, 2.75) is 17.1 Å². The molecule has 0 aliphatic carbocycles. The van der Waals surface area contributed by atoms with Gasteiger partial charge >= 0.3 is 0 Å². The molecule has 2 atom stereocenters. The van der Waals surface area contributed by atoms with Crippen LogP contribution in [0.15, 0.2) is 59.5 Å². The number of benzene rings is 2. The van der Waals surface area contributed by atoms with Crippen LogP contribution in [0.2, 0.25) is 0 Å². The van der Waals surface area contributed by atoms with Gasteiger partial charge in [0.15, 0.2) is 0 Å². The van der Waals surface area contributed by atoms with Crippen molar-refractivity contribution < 1.29 is 9.18 Å². The minimum absolute atomic E-state index is 0. The topological polar surface area (TPSA) is 55.1 Å². The molecule has 130 valence electrons. The summed E-state index contributed by atoms with van der Waals surface area (Å²) in [4.78, 5) is 13.0. The van der Waals surface area contributed by atoms with Crippen LogP contribution >= 0.6 is 24.2 Å². The quantitative estimate of drug-likeness (QED) is 0.731. The van der Waals surface area contributed by atoms with Crippen LogP contribution in [0.25, 0.3) is 0 Å². The minimum atomic E-state index is -0.502. The molecular formula is C18H22ClFN2OS. The second kappa shape index (κ2) is 10.3. The molecule has 6 heteroatoms. The van der Waals surface area contributed by atoms with Crippen LogP contribution in [0.5, 0.6) is 0 Å². The molecule has 0 aliphatic heterocycles. The summed E-state index contributed by atoms with van der Waals surface area (Å²) in [6, 6.07) is 15.9. The van der Waals surface area contributed by atoms with Gasteiger partial charge < -0.3 is 11.1 Å². The van der Waals surface area contributed by atoms with Crippen molar-refractivity contribution in [3.8, 4) is 0 Å². The molecule has 2 rings (SSSR count). The number of carbonyl (C=O) groups is 1. The number of rotatable bonds is 7. The summed E-state index contributed by atoms with van der Waals surface area (Å²) in [6.07, 6.45) is 0. The lowest BCUT2D eigenvalue weighted by Crippen LogP contribution is -2.34. The van der Waals surface area contributed by atoms with Crippen LogP contribution in [0.1, 0.15) is 17.7 Å². The number of carbonyl (C=O) groups excluding carboxylic acids is 1. The van der Waals surface area contributed by atoms with Crippen molar-refractivity contribution in [2.75, 3.05) is 13.1 Å². The molecule has 3 nitrogen and oxygen atoms in total. The maximum Gasteiger partial charge on any atom is 0.238 e. The van der Waals surface area contributed by atoms with E-state index in [9.17, 15) is 9.18 Å². The summed E-state index contributed by atoms with van der Waals surface area (Å²) in [6.45, 7) is 3.00. The molecule has 0 saturated carbocycles. The summed E-state index contributed by atoms with van der Waals surface area (Å²) in [5.41, 5.74) is 6.43. The Hall–Kier alpha value is -1.56. The van der Waals surface area contributed by atoms with Crippen molar-refractivity contribution >= 4 is 30.1 Å². The van der Waals surface area contributed by atoms with Gasteiger partial charge in [-0.05, 0) is 30.2 Å². The summed E-state index contributed by atoms with van der Waals surface area (Å²) in [7, 11) is 0. The lowest BCUT2D eigenvalue weighted by atomic mass is 10.1. The first kappa shape index (κ1) is 20.5. The van der Waals surface area contributed by atoms with Crippen LogP contribution in [-0.2, 0) is 4.79 Å². The molecule has 2 aromatic rings. The number of hydrogen-bond acceptors (Lipinski definition) is 3. The zero-order valence-electron chi connectivity index (χ0n) is 13.4. The van der Waals surface area contributed by atoms with E-state index in [1.165, 1.54) is 17.8 Å². The maximum absolute atomic E-state index is 13.9. The molecule has 0 aliphatic rings. The number of thioether (sulfide) groups is 1. The monoisotopic (exact) mass is 368 g/mol. The Morgan fingerprint density at radius 2 is 1.79 bits per heavy atom. The molecule has 0 fully saturated rings. The Kier molecular flexibility index (Phi) is 8.82. The standard InChI is InChI=1S/C18H21FN2OS.ClH/c1-13(11-20)12-21-18(22)17(14-7-3-2-4-8-14)23-16-10-6-5-9-15(16)19;/h2-10,13,17H,11-12,20H2,1H3,(H,21,22);1H. The smallest absolute Gasteiger partial charge is 0.238 e. The molecular weight excluding hydrogens is 347 g/mol. The molecule has 0 aromatic heterocycles. The highest BCUT2D eigenvalue weighted by molar-refractivity contribution is 8.00. The van der Waals surface area contributed by atoms with Crippen molar-refractivity contribution in [1.82, 2.24) is 5.32 Å². The van der Waals surface area contributed by atoms with Gasteiger partial charge in [0.1, 0.15) is 11.1 Å². The molecule has 2 aromatic carbocycles. The highest BCUT2D eigenvalue weighted by Crippen LogP contribution is 2.36. The second-order valence-corrected chi connectivity index (χ2v) is 6.57. The third kappa shape index (κ3) is 5.82. The molecule has 0 spiro atoms. The predicted octanol–water partition coefficient (Wildman–Crippen LogP) is 3.79. The Morgan fingerprint density at radius 1 is 1.17 bits per heavy atom. The maximum atomic E-state index is 13.9. The first-order valence-corrected chi connectivity index (χ1v) is 8.43. The van der Waals surface area contributed by atoms with E-state index in [0.29, 0.717) is 18.0 Å². The van der Waals surface area contributed by atoms with E-state index >= 15 is 0 Å². The highest BCUT2D eigenvalue weighted by Gasteiger charge is 2.23. The van der Waals surface area contributed by atoms with Gasteiger partial charge in [0.2, 0.25) is 5.91 Å². The van der Waals surface area contributed by atoms with E-state index in [4.69, 9.17) is 5.73 Å². The summed E-state index contributed by atoms with van der Waals surface area (Å²) < 4.78 is 13.9. The van der Waals surface area contributed by atoms with Crippen LogP contribution in [0.3, 0.4) is 0 Å². The van der Waals surface area contributed by atoms with E-state index < -0.39 is 5.25 Å². The van der Waals surface area contributed by atoms with Gasteiger partial charge in [-0.1, -0.05) is 49.4 Å². The van der Waals surface area contributed by atoms with Gasteiger partial charge in [-0.2, -0.15) is 0 Å². The molecule has 1 amide bonds. The van der Waals surface area contributed by atoms with Crippen molar-refractivity contribution in [3.05, 3.63) is 66.0 Å². The van der Waals surface area contributed by atoms with Crippen molar-refractivity contribution in [2.24, 2.45) is 11.7 Å². The van der Waals surface area contributed by atoms with E-state index in [1.807, 2.05) is 37.3 Å². The van der Waals surface area contributed by atoms with Crippen LogP contribution in [0.4, 0.5) is 4.39 Å². The van der Waals surface area contributed by atoms with Gasteiger partial charge in [0.05, 0.1) is 0 Å². The third-order valence-corrected chi connectivity index (χ3v) is 4.76. The minimum Gasteiger partial charge on any atom is -0.355 e. The molecule has 0 heterocycles. The Balaban J connectivity index is 0.00000288. The fraction of sp³-hybridized carbons (Fsp3) is 0.278. The molecule has 2 unspecified atom stereocenters. The van der Waals surface area contributed by atoms with Crippen LogP contribution in [0, 0.1) is 11.7 Å². The van der Waals surface area contributed by atoms with Gasteiger partial charge in [-0.25, -0.2) is 4.39 Å². The molecule has 3 N–H and O–H groups in total. The molecule has 24 heavy (non-hydrogen) atoms. The molecule has 0 bridgehead atoms. The predicted molar refractivity (Wildman–Crippen MR) is 99.9 cm³/mol. The van der Waals surface area contributed by atoms with Crippen molar-refractivity contribution in [1.29, 1.82) is 0 Å². The summed E-state index contributed by atoms with van der Waals surface area (Å²) in [5, 5.41) is 2.41. The number of amides is 1. The first-order chi connectivity index (χ1) is 11.1. The zero-order chi connectivity index (χ0) is 16.7. The largest absolute Gasteiger partial charge is 0.355 e. The summed E-state index contributed by atoms with van der Waals surface area (Å²) in [5.74, 6) is -0.250. The van der Waals surface area contributed by atoms with E-state index in [2.05, 4.69) is 5.32 Å². The fourth-order valence-corrected chi connectivity index (χ4v) is 3.09. The average Bonchev–Trinajstić information content (AvgIpc) is 2.59. The zero-order valence-corrected chi connectivity index (χ0v) is 15.1. The number of hydrogen-bond donors (Lipinski definition) is 2. The van der Waals surface area contributed by atoms with E-state index in [-0.39, 0.29) is 30.0 Å². The fourth-order valence-electron chi connectivity index (χ4n) is 2.02. The summed E-state index contributed by atoms with van der Waals surface area (Å²) >= 11 is 1.22. The average molecular weight is 369 g/mol. The second-order valence-electron chi connectivity index (χ2n) is 5.43. The van der Waals surface area contributed by atoms with Crippen LogP contribution in [-0.4, -0.2) is 19.0 Å². The molecule has 0 saturated heterocycles. The number of nitrogens with one attached hydrogen (secondary N) is 1. The van der Waals surface area contributed by atoms with Crippen LogP contribution < -0.4 is 11.1 Å². The Labute approximate surface area is 152 Å². The van der Waals surface area contributed by atoms with Gasteiger partial charge in [0, 0.05) is 11.4 Å².